The molecule has 0 fully saturated rings. The zero-order valence-corrected chi connectivity index (χ0v) is 12.7. The minimum Gasteiger partial charge on any atom is -0.444 e. The van der Waals surface area contributed by atoms with Crippen molar-refractivity contribution in [3.05, 3.63) is 17.3 Å². The Kier molecular flexibility index (Phi) is 4.65. The molecule has 1 N–H and O–H groups in total. The summed E-state index contributed by atoms with van der Waals surface area (Å²) in [5.41, 5.74) is -0.726. The average Bonchev–Trinajstić information content (AvgIpc) is 2.16. The van der Waals surface area contributed by atoms with Gasteiger partial charge in [-0.15, -0.1) is 0 Å². The zero-order chi connectivity index (χ0) is 14.8. The van der Waals surface area contributed by atoms with Crippen LogP contribution in [-0.2, 0) is 13.8 Å². The molecule has 6 nitrogen and oxygen atoms in total. The van der Waals surface area contributed by atoms with Crippen molar-refractivity contribution < 1.29 is 17.9 Å². The highest BCUT2D eigenvalue weighted by molar-refractivity contribution is 8.13. The monoisotopic (exact) mass is 326 g/mol. The molecule has 19 heavy (non-hydrogen) atoms. The van der Waals surface area contributed by atoms with E-state index in [1.54, 1.807) is 20.8 Å². The molecular weight excluding hydrogens is 315 g/mol. The van der Waals surface area contributed by atoms with Gasteiger partial charge in [0.25, 0.3) is 9.05 Å². The fourth-order valence-corrected chi connectivity index (χ4v) is 2.28. The number of rotatable bonds is 2. The third-order valence-electron chi connectivity index (χ3n) is 1.70. The first-order valence-corrected chi connectivity index (χ1v) is 7.78. The molecule has 1 heterocycles. The van der Waals surface area contributed by atoms with Gasteiger partial charge in [-0.05, 0) is 26.8 Å². The van der Waals surface area contributed by atoms with Gasteiger partial charge in [0.2, 0.25) is 0 Å². The van der Waals surface area contributed by atoms with Crippen molar-refractivity contribution >= 4 is 43.2 Å². The first-order valence-electron chi connectivity index (χ1n) is 5.09. The number of ether oxygens (including phenoxy) is 1. The number of pyridine rings is 1. The van der Waals surface area contributed by atoms with Crippen molar-refractivity contribution in [2.45, 2.75) is 31.3 Å². The van der Waals surface area contributed by atoms with Gasteiger partial charge in [-0.2, -0.15) is 0 Å². The molecule has 1 amide bonds. The number of hydrogen-bond donors (Lipinski definition) is 1. The molecule has 9 heteroatoms. The van der Waals surface area contributed by atoms with Gasteiger partial charge in [-0.25, -0.2) is 18.2 Å². The standard InChI is InChI=1S/C10H12Cl2N2O4S/c1-10(2,3)18-9(15)14-8-7(19(12,16)17)4-6(11)5-13-8/h4-5H,1-3H3,(H,13,14,15). The summed E-state index contributed by atoms with van der Waals surface area (Å²) in [5.74, 6) is -0.242. The number of carbonyl (C=O) groups is 1. The number of nitrogens with zero attached hydrogens (tertiary/aromatic N) is 1. The van der Waals surface area contributed by atoms with Crippen LogP contribution in [-0.4, -0.2) is 25.1 Å². The van der Waals surface area contributed by atoms with Crippen LogP contribution in [0.5, 0.6) is 0 Å². The molecule has 0 aromatic carbocycles. The summed E-state index contributed by atoms with van der Waals surface area (Å²) in [6.07, 6.45) is 0.337. The molecule has 0 aliphatic carbocycles. The van der Waals surface area contributed by atoms with Gasteiger partial charge < -0.3 is 4.74 Å². The Morgan fingerprint density at radius 1 is 1.42 bits per heavy atom. The summed E-state index contributed by atoms with van der Waals surface area (Å²) in [7, 11) is 1.14. The lowest BCUT2D eigenvalue weighted by atomic mass is 10.2. The molecule has 0 saturated heterocycles. The number of nitrogens with one attached hydrogen (secondary N) is 1. The van der Waals surface area contributed by atoms with Gasteiger partial charge in [0.15, 0.2) is 5.82 Å². The van der Waals surface area contributed by atoms with Crippen LogP contribution in [0.25, 0.3) is 0 Å². The van der Waals surface area contributed by atoms with Crippen LogP contribution in [0.2, 0.25) is 5.02 Å². The smallest absolute Gasteiger partial charge is 0.413 e. The fraction of sp³-hybridized carbons (Fsp3) is 0.400. The van der Waals surface area contributed by atoms with Crippen molar-refractivity contribution in [2.24, 2.45) is 0 Å². The highest BCUT2D eigenvalue weighted by Crippen LogP contribution is 2.26. The maximum atomic E-state index is 11.5. The Bertz CT molecular complexity index is 596. The van der Waals surface area contributed by atoms with E-state index in [1.165, 1.54) is 6.20 Å². The molecular formula is C10H12Cl2N2O4S. The Labute approximate surface area is 120 Å². The summed E-state index contributed by atoms with van der Waals surface area (Å²) < 4.78 is 27.7. The minimum absolute atomic E-state index is 0.0777. The van der Waals surface area contributed by atoms with Crippen molar-refractivity contribution in [2.75, 3.05) is 5.32 Å². The highest BCUT2D eigenvalue weighted by atomic mass is 35.7. The number of halogens is 2. The Hall–Kier alpha value is -1.05. The Balaban J connectivity index is 3.06. The zero-order valence-electron chi connectivity index (χ0n) is 10.4. The third-order valence-corrected chi connectivity index (χ3v) is 3.24. The van der Waals surface area contributed by atoms with Crippen LogP contribution < -0.4 is 5.32 Å². The van der Waals surface area contributed by atoms with Crippen LogP contribution in [0.3, 0.4) is 0 Å². The van der Waals surface area contributed by atoms with E-state index in [9.17, 15) is 13.2 Å². The lowest BCUT2D eigenvalue weighted by molar-refractivity contribution is 0.0635. The number of hydrogen-bond acceptors (Lipinski definition) is 5. The minimum atomic E-state index is -4.09. The van der Waals surface area contributed by atoms with Crippen LogP contribution in [0.1, 0.15) is 20.8 Å². The molecule has 0 aliphatic rings. The topological polar surface area (TPSA) is 85.4 Å². The Morgan fingerprint density at radius 3 is 2.47 bits per heavy atom. The number of aromatic nitrogens is 1. The third kappa shape index (κ3) is 5.22. The molecule has 1 aromatic heterocycles. The number of carbonyl (C=O) groups excluding carboxylic acids is 1. The highest BCUT2D eigenvalue weighted by Gasteiger charge is 2.22. The molecule has 0 aliphatic heterocycles. The number of amides is 1. The van der Waals surface area contributed by atoms with E-state index in [0.717, 1.165) is 6.07 Å². The second-order valence-corrected chi connectivity index (χ2v) is 7.54. The van der Waals surface area contributed by atoms with E-state index < -0.39 is 25.6 Å². The van der Waals surface area contributed by atoms with Crippen LogP contribution in [0.4, 0.5) is 10.6 Å². The lowest BCUT2D eigenvalue weighted by Gasteiger charge is -2.19. The van der Waals surface area contributed by atoms with Crippen molar-refractivity contribution in [1.29, 1.82) is 0 Å². The lowest BCUT2D eigenvalue weighted by Crippen LogP contribution is -2.28. The van der Waals surface area contributed by atoms with E-state index in [1.807, 2.05) is 0 Å². The molecule has 0 saturated carbocycles. The predicted octanol–water partition coefficient (Wildman–Crippen LogP) is 3.01. The molecule has 0 atom stereocenters. The van der Waals surface area contributed by atoms with Gasteiger partial charge in [0.1, 0.15) is 10.5 Å². The number of anilines is 1. The molecule has 0 spiro atoms. The summed E-state index contributed by atoms with van der Waals surface area (Å²) in [5, 5.41) is 2.28. The summed E-state index contributed by atoms with van der Waals surface area (Å²) in [6, 6.07) is 1.09. The van der Waals surface area contributed by atoms with Gasteiger partial charge in [0.05, 0.1) is 5.02 Å². The van der Waals surface area contributed by atoms with Gasteiger partial charge in [-0.1, -0.05) is 11.6 Å². The average molecular weight is 327 g/mol. The molecule has 0 radical (unpaired) electrons. The first kappa shape index (κ1) is 16.0. The Morgan fingerprint density at radius 2 is 2.00 bits per heavy atom. The fourth-order valence-electron chi connectivity index (χ4n) is 1.10. The second-order valence-electron chi connectivity index (χ2n) is 4.57. The van der Waals surface area contributed by atoms with Crippen LogP contribution in [0.15, 0.2) is 17.2 Å². The van der Waals surface area contributed by atoms with E-state index in [4.69, 9.17) is 27.0 Å². The molecule has 0 unspecified atom stereocenters. The van der Waals surface area contributed by atoms with Crippen molar-refractivity contribution in [3.8, 4) is 0 Å². The SMILES string of the molecule is CC(C)(C)OC(=O)Nc1ncc(Cl)cc1S(=O)(=O)Cl. The quantitative estimate of drug-likeness (QED) is 0.844. The first-order chi connectivity index (χ1) is 8.49. The van der Waals surface area contributed by atoms with E-state index >= 15 is 0 Å². The molecule has 106 valence electrons. The maximum Gasteiger partial charge on any atom is 0.413 e. The summed E-state index contributed by atoms with van der Waals surface area (Å²) >= 11 is 5.64. The predicted molar refractivity (Wildman–Crippen MR) is 72.1 cm³/mol. The van der Waals surface area contributed by atoms with Gasteiger partial charge >= 0.3 is 6.09 Å². The molecule has 1 aromatic rings. The van der Waals surface area contributed by atoms with Crippen molar-refractivity contribution in [1.82, 2.24) is 4.98 Å². The van der Waals surface area contributed by atoms with E-state index in [-0.39, 0.29) is 10.8 Å². The molecule has 1 rings (SSSR count). The van der Waals surface area contributed by atoms with Crippen LogP contribution in [0, 0.1) is 0 Å². The second kappa shape index (κ2) is 5.52. The van der Waals surface area contributed by atoms with Gasteiger partial charge in [0, 0.05) is 16.9 Å². The maximum absolute atomic E-state index is 11.5. The largest absolute Gasteiger partial charge is 0.444 e. The van der Waals surface area contributed by atoms with Crippen molar-refractivity contribution in [3.63, 3.8) is 0 Å². The molecule has 0 bridgehead atoms. The van der Waals surface area contributed by atoms with Crippen LogP contribution >= 0.6 is 22.3 Å². The normalized spacial score (nSPS) is 12.1. The summed E-state index contributed by atoms with van der Waals surface area (Å²) in [6.45, 7) is 5.00. The van der Waals surface area contributed by atoms with E-state index in [0.29, 0.717) is 0 Å². The summed E-state index contributed by atoms with van der Waals surface area (Å²) in [4.78, 5) is 14.9. The van der Waals surface area contributed by atoms with Gasteiger partial charge in [-0.3, -0.25) is 5.32 Å². The van der Waals surface area contributed by atoms with E-state index in [2.05, 4.69) is 10.3 Å².